The molecule has 10 heavy (non-hydrogen) atoms. The van der Waals surface area contributed by atoms with Crippen molar-refractivity contribution in [3.8, 4) is 0 Å². The van der Waals surface area contributed by atoms with Crippen LogP contribution in [0.5, 0.6) is 0 Å². The predicted octanol–water partition coefficient (Wildman–Crippen LogP) is 0.265. The number of rotatable bonds is 1. The lowest BCUT2D eigenvalue weighted by atomic mass is 9.99. The monoisotopic (exact) mass is 156 g/mol. The van der Waals surface area contributed by atoms with Gasteiger partial charge in [-0.2, -0.15) is 0 Å². The first-order valence-corrected chi connectivity index (χ1v) is 4.63. The molecular formula is C7H12O2Si. The molecule has 0 amide bonds. The highest BCUT2D eigenvalue weighted by Crippen LogP contribution is 2.22. The molecule has 3 heteroatoms. The first-order chi connectivity index (χ1) is 4.72. The lowest BCUT2D eigenvalue weighted by Crippen LogP contribution is -2.08. The van der Waals surface area contributed by atoms with Crippen LogP contribution >= 0.6 is 0 Å². The second-order valence-electron chi connectivity index (χ2n) is 2.77. The topological polar surface area (TPSA) is 37.3 Å². The summed E-state index contributed by atoms with van der Waals surface area (Å²) >= 11 is 0. The average molecular weight is 156 g/mol. The van der Waals surface area contributed by atoms with Gasteiger partial charge in [-0.15, -0.1) is 0 Å². The van der Waals surface area contributed by atoms with Gasteiger partial charge in [0.1, 0.15) is 0 Å². The van der Waals surface area contributed by atoms with Gasteiger partial charge in [-0.1, -0.05) is 5.20 Å². The first-order valence-electron chi connectivity index (χ1n) is 3.63. The fraction of sp³-hybridized carbons (Fsp3) is 0.571. The summed E-state index contributed by atoms with van der Waals surface area (Å²) in [5, 5.41) is 9.88. The zero-order chi connectivity index (χ0) is 7.56. The Kier molecular flexibility index (Phi) is 2.27. The van der Waals surface area contributed by atoms with E-state index in [1.165, 1.54) is 11.6 Å². The van der Waals surface area contributed by atoms with Crippen molar-refractivity contribution in [3.05, 3.63) is 10.8 Å². The lowest BCUT2D eigenvalue weighted by Gasteiger charge is -2.13. The standard InChI is InChI=1S/C7H12O2Si/c8-7(9)5-3-1-2-4-6(5)10/h1-4H2,10H3,(H,8,9). The largest absolute Gasteiger partial charge is 0.478 e. The molecule has 0 unspecified atom stereocenters. The van der Waals surface area contributed by atoms with E-state index in [4.69, 9.17) is 5.11 Å². The highest BCUT2D eigenvalue weighted by Gasteiger charge is 2.14. The van der Waals surface area contributed by atoms with Crippen LogP contribution < -0.4 is 0 Å². The molecule has 0 aromatic carbocycles. The molecule has 0 aliphatic heterocycles. The zero-order valence-electron chi connectivity index (χ0n) is 6.18. The minimum Gasteiger partial charge on any atom is -0.478 e. The summed E-state index contributed by atoms with van der Waals surface area (Å²) in [6, 6.07) is 0. The molecule has 0 fully saturated rings. The van der Waals surface area contributed by atoms with Gasteiger partial charge < -0.3 is 5.11 Å². The summed E-state index contributed by atoms with van der Waals surface area (Å²) in [4.78, 5) is 10.5. The smallest absolute Gasteiger partial charge is 0.331 e. The molecule has 0 atom stereocenters. The summed E-state index contributed by atoms with van der Waals surface area (Å²) in [5.41, 5.74) is 0.706. The van der Waals surface area contributed by atoms with Crippen molar-refractivity contribution in [2.75, 3.05) is 0 Å². The van der Waals surface area contributed by atoms with Crippen molar-refractivity contribution in [2.45, 2.75) is 25.7 Å². The summed E-state index contributed by atoms with van der Waals surface area (Å²) < 4.78 is 0. The van der Waals surface area contributed by atoms with Gasteiger partial charge >= 0.3 is 5.97 Å². The van der Waals surface area contributed by atoms with E-state index in [1.807, 2.05) is 0 Å². The van der Waals surface area contributed by atoms with Crippen molar-refractivity contribution in [1.29, 1.82) is 0 Å². The molecule has 0 radical (unpaired) electrons. The second-order valence-corrected chi connectivity index (χ2v) is 3.98. The van der Waals surface area contributed by atoms with Crippen LogP contribution in [0.3, 0.4) is 0 Å². The van der Waals surface area contributed by atoms with Gasteiger partial charge in [0.25, 0.3) is 0 Å². The Bertz CT molecular complexity index is 184. The van der Waals surface area contributed by atoms with E-state index in [-0.39, 0.29) is 0 Å². The maximum absolute atomic E-state index is 10.5. The Labute approximate surface area is 63.4 Å². The second kappa shape index (κ2) is 3.01. The Morgan fingerprint density at radius 1 is 1.40 bits per heavy atom. The minimum atomic E-state index is -0.690. The molecule has 0 aromatic heterocycles. The highest BCUT2D eigenvalue weighted by molar-refractivity contribution is 6.24. The number of allylic oxidation sites excluding steroid dienone is 1. The van der Waals surface area contributed by atoms with Gasteiger partial charge in [0.05, 0.1) is 0 Å². The Morgan fingerprint density at radius 3 is 2.40 bits per heavy atom. The third-order valence-corrected chi connectivity index (χ3v) is 3.11. The van der Waals surface area contributed by atoms with E-state index in [9.17, 15) is 4.79 Å². The molecule has 56 valence electrons. The van der Waals surface area contributed by atoms with Crippen molar-refractivity contribution < 1.29 is 9.90 Å². The molecule has 2 nitrogen and oxygen atoms in total. The quantitative estimate of drug-likeness (QED) is 0.553. The molecule has 0 spiro atoms. The van der Waals surface area contributed by atoms with Crippen LogP contribution in [0.4, 0.5) is 0 Å². The maximum Gasteiger partial charge on any atom is 0.331 e. The minimum absolute atomic E-state index is 0.690. The fourth-order valence-corrected chi connectivity index (χ4v) is 2.16. The molecule has 0 heterocycles. The Balaban J connectivity index is 2.78. The van der Waals surface area contributed by atoms with Gasteiger partial charge in [0.2, 0.25) is 0 Å². The fourth-order valence-electron chi connectivity index (χ4n) is 1.35. The number of carboxylic acids is 1. The Hall–Kier alpha value is -0.573. The van der Waals surface area contributed by atoms with Crippen LogP contribution in [0, 0.1) is 0 Å². The van der Waals surface area contributed by atoms with E-state index in [2.05, 4.69) is 0 Å². The molecule has 0 saturated heterocycles. The van der Waals surface area contributed by atoms with E-state index < -0.39 is 5.97 Å². The van der Waals surface area contributed by atoms with Crippen LogP contribution in [0.15, 0.2) is 10.8 Å². The lowest BCUT2D eigenvalue weighted by molar-refractivity contribution is -0.132. The molecule has 1 aliphatic carbocycles. The third-order valence-electron chi connectivity index (χ3n) is 2.00. The number of hydrogen-bond donors (Lipinski definition) is 1. The summed E-state index contributed by atoms with van der Waals surface area (Å²) in [7, 11) is 0.931. The molecule has 0 bridgehead atoms. The van der Waals surface area contributed by atoms with Gasteiger partial charge in [-0.3, -0.25) is 0 Å². The van der Waals surface area contributed by atoms with E-state index in [1.54, 1.807) is 0 Å². The van der Waals surface area contributed by atoms with Crippen LogP contribution in [0.25, 0.3) is 0 Å². The van der Waals surface area contributed by atoms with Crippen molar-refractivity contribution in [1.82, 2.24) is 0 Å². The normalized spacial score (nSPS) is 19.6. The molecule has 1 N–H and O–H groups in total. The average Bonchev–Trinajstić information content (AvgIpc) is 1.88. The van der Waals surface area contributed by atoms with Gasteiger partial charge in [-0.05, 0) is 25.7 Å². The van der Waals surface area contributed by atoms with Crippen LogP contribution in [-0.2, 0) is 4.79 Å². The molecule has 1 rings (SSSR count). The number of hydrogen-bond acceptors (Lipinski definition) is 1. The summed E-state index contributed by atoms with van der Waals surface area (Å²) in [6.45, 7) is 0. The highest BCUT2D eigenvalue weighted by atomic mass is 28.1. The summed E-state index contributed by atoms with van der Waals surface area (Å²) in [5.74, 6) is -0.690. The van der Waals surface area contributed by atoms with Crippen LogP contribution in [-0.4, -0.2) is 21.3 Å². The maximum atomic E-state index is 10.5. The number of carbonyl (C=O) groups is 1. The first kappa shape index (κ1) is 7.53. The van der Waals surface area contributed by atoms with Crippen LogP contribution in [0.1, 0.15) is 25.7 Å². The number of carboxylic acid groups (broad SMARTS) is 1. The molecule has 1 aliphatic rings. The molecule has 0 aromatic rings. The molecule has 0 saturated carbocycles. The van der Waals surface area contributed by atoms with Gasteiger partial charge in [0.15, 0.2) is 0 Å². The Morgan fingerprint density at radius 2 is 2.00 bits per heavy atom. The van der Waals surface area contributed by atoms with Crippen molar-refractivity contribution in [3.63, 3.8) is 0 Å². The SMILES string of the molecule is O=C(O)C1=C([SiH3])CCCC1. The van der Waals surface area contributed by atoms with Crippen molar-refractivity contribution in [2.24, 2.45) is 0 Å². The third kappa shape index (κ3) is 1.47. The summed E-state index contributed by atoms with van der Waals surface area (Å²) in [6.07, 6.45) is 4.09. The van der Waals surface area contributed by atoms with E-state index in [0.717, 1.165) is 29.5 Å². The van der Waals surface area contributed by atoms with E-state index in [0.29, 0.717) is 5.57 Å². The molecular weight excluding hydrogens is 144 g/mol. The van der Waals surface area contributed by atoms with Gasteiger partial charge in [-0.25, -0.2) is 4.79 Å². The zero-order valence-corrected chi connectivity index (χ0v) is 8.18. The van der Waals surface area contributed by atoms with E-state index >= 15 is 0 Å². The van der Waals surface area contributed by atoms with Crippen molar-refractivity contribution >= 4 is 16.2 Å². The predicted molar refractivity (Wildman–Crippen MR) is 43.1 cm³/mol. The number of aliphatic carboxylic acids is 1. The van der Waals surface area contributed by atoms with Crippen LogP contribution in [0.2, 0.25) is 0 Å². The van der Waals surface area contributed by atoms with Gasteiger partial charge in [0, 0.05) is 15.8 Å².